The van der Waals surface area contributed by atoms with E-state index in [-0.39, 0.29) is 0 Å². The van der Waals surface area contributed by atoms with Crippen molar-refractivity contribution in [3.8, 4) is 34.4 Å². The molecule has 0 spiro atoms. The molecule has 3 aromatic heterocycles. The van der Waals surface area contributed by atoms with E-state index < -0.39 is 0 Å². The largest absolute Gasteiger partial charge is 0.436 e. The van der Waals surface area contributed by atoms with Crippen LogP contribution in [0.3, 0.4) is 0 Å². The summed E-state index contributed by atoms with van der Waals surface area (Å²) in [6.07, 6.45) is 0. The predicted molar refractivity (Wildman–Crippen MR) is 180 cm³/mol. The van der Waals surface area contributed by atoms with Crippen molar-refractivity contribution in [2.45, 2.75) is 0 Å². The number of oxazole rings is 3. The molecule has 0 bridgehead atoms. The Morgan fingerprint density at radius 3 is 0.891 bits per heavy atom. The molecule has 0 radical (unpaired) electrons. The second-order valence-electron chi connectivity index (χ2n) is 10.9. The summed E-state index contributed by atoms with van der Waals surface area (Å²) < 4.78 is 18.1. The van der Waals surface area contributed by atoms with Gasteiger partial charge in [0, 0.05) is 33.8 Å². The highest BCUT2D eigenvalue weighted by atomic mass is 16.4. The average molecular weight is 597 g/mol. The lowest BCUT2D eigenvalue weighted by Gasteiger charge is -2.26. The smallest absolute Gasteiger partial charge is 0.227 e. The molecule has 0 amide bonds. The molecule has 0 saturated carbocycles. The van der Waals surface area contributed by atoms with Crippen molar-refractivity contribution in [3.63, 3.8) is 0 Å². The lowest BCUT2D eigenvalue weighted by molar-refractivity contribution is 0.619. The minimum Gasteiger partial charge on any atom is -0.436 e. The van der Waals surface area contributed by atoms with Gasteiger partial charge in [-0.25, -0.2) is 15.0 Å². The van der Waals surface area contributed by atoms with Gasteiger partial charge in [0.15, 0.2) is 16.7 Å². The monoisotopic (exact) mass is 596 g/mol. The Morgan fingerprint density at radius 1 is 0.326 bits per heavy atom. The number of hydrogen-bond acceptors (Lipinski definition) is 7. The maximum Gasteiger partial charge on any atom is 0.227 e. The molecule has 0 aliphatic rings. The minimum atomic E-state index is 0.588. The molecule has 0 saturated heterocycles. The lowest BCUT2D eigenvalue weighted by atomic mass is 10.1. The first kappa shape index (κ1) is 26.0. The van der Waals surface area contributed by atoms with Gasteiger partial charge in [-0.3, -0.25) is 0 Å². The van der Waals surface area contributed by atoms with Crippen molar-refractivity contribution in [1.82, 2.24) is 15.0 Å². The van der Waals surface area contributed by atoms with Crippen molar-refractivity contribution in [2.75, 3.05) is 4.90 Å². The highest BCUT2D eigenvalue weighted by Crippen LogP contribution is 2.38. The Labute approximate surface area is 263 Å². The number of nitrogens with zero attached hydrogens (tertiary/aromatic N) is 4. The van der Waals surface area contributed by atoms with Gasteiger partial charge in [0.2, 0.25) is 17.7 Å². The van der Waals surface area contributed by atoms with Crippen molar-refractivity contribution in [3.05, 3.63) is 146 Å². The molecular formula is C39H24N4O3. The number of rotatable bonds is 6. The van der Waals surface area contributed by atoms with E-state index in [0.29, 0.717) is 17.7 Å². The predicted octanol–water partition coefficient (Wildman–Crippen LogP) is 10.6. The zero-order valence-corrected chi connectivity index (χ0v) is 24.4. The van der Waals surface area contributed by atoms with Crippen LogP contribution in [0.2, 0.25) is 0 Å². The summed E-state index contributed by atoms with van der Waals surface area (Å²) in [5, 5.41) is 0. The molecule has 218 valence electrons. The van der Waals surface area contributed by atoms with Crippen molar-refractivity contribution in [2.24, 2.45) is 0 Å². The van der Waals surface area contributed by atoms with Crippen molar-refractivity contribution < 1.29 is 13.3 Å². The van der Waals surface area contributed by atoms with Gasteiger partial charge in [-0.2, -0.15) is 0 Å². The Hall–Kier alpha value is -6.47. The van der Waals surface area contributed by atoms with Crippen LogP contribution in [0.1, 0.15) is 0 Å². The van der Waals surface area contributed by atoms with Crippen LogP contribution in [-0.2, 0) is 0 Å². The molecular weight excluding hydrogens is 572 g/mol. The number of aromatic nitrogens is 3. The SMILES string of the molecule is c1ccc2oc(-c3ccc(N(c4ccc(-c5nc6ccccc6o5)cc4)c4ccc(-c5nc6ccccc6o5)cc4)cc3)nc2c1. The average Bonchev–Trinajstić information content (AvgIpc) is 3.86. The van der Waals surface area contributed by atoms with Crippen LogP contribution in [0, 0.1) is 0 Å². The number of benzene rings is 6. The van der Waals surface area contributed by atoms with Gasteiger partial charge in [0.1, 0.15) is 16.6 Å². The molecule has 46 heavy (non-hydrogen) atoms. The van der Waals surface area contributed by atoms with E-state index in [4.69, 9.17) is 13.3 Å². The summed E-state index contributed by atoms with van der Waals surface area (Å²) in [6.45, 7) is 0. The first-order chi connectivity index (χ1) is 22.7. The number of para-hydroxylation sites is 6. The van der Waals surface area contributed by atoms with Crippen molar-refractivity contribution >= 4 is 50.4 Å². The first-order valence-electron chi connectivity index (χ1n) is 14.9. The topological polar surface area (TPSA) is 81.3 Å². The summed E-state index contributed by atoms with van der Waals surface area (Å²) in [5.41, 5.74) is 10.4. The maximum atomic E-state index is 6.02. The number of anilines is 3. The van der Waals surface area contributed by atoms with Gasteiger partial charge in [-0.1, -0.05) is 36.4 Å². The maximum absolute atomic E-state index is 6.02. The number of fused-ring (bicyclic) bond motifs is 3. The van der Waals surface area contributed by atoms with E-state index >= 15 is 0 Å². The minimum absolute atomic E-state index is 0.588. The summed E-state index contributed by atoms with van der Waals surface area (Å²) >= 11 is 0. The van der Waals surface area contributed by atoms with E-state index in [0.717, 1.165) is 67.1 Å². The van der Waals surface area contributed by atoms with E-state index in [9.17, 15) is 0 Å². The van der Waals surface area contributed by atoms with Crippen molar-refractivity contribution in [1.29, 1.82) is 0 Å². The summed E-state index contributed by atoms with van der Waals surface area (Å²) in [6, 6.07) is 48.0. The van der Waals surface area contributed by atoms with Crippen LogP contribution in [0.25, 0.3) is 67.7 Å². The third-order valence-electron chi connectivity index (χ3n) is 8.00. The van der Waals surface area contributed by atoms with Gasteiger partial charge in [0.05, 0.1) is 0 Å². The first-order valence-corrected chi connectivity index (χ1v) is 14.9. The Morgan fingerprint density at radius 2 is 0.609 bits per heavy atom. The Kier molecular flexibility index (Phi) is 5.99. The standard InChI is InChI=1S/C39H24N4O3/c1-4-10-34-31(7-1)40-37(44-34)25-13-19-28(20-14-25)43(29-21-15-26(16-22-29)38-41-32-8-2-5-11-35(32)45-38)30-23-17-27(18-24-30)39-42-33-9-3-6-12-36(33)46-39/h1-24H. The highest BCUT2D eigenvalue weighted by molar-refractivity contribution is 5.82. The molecule has 0 aliphatic heterocycles. The van der Waals surface area contributed by atoms with Gasteiger partial charge in [-0.05, 0) is 109 Å². The fourth-order valence-electron chi connectivity index (χ4n) is 5.69. The van der Waals surface area contributed by atoms with Crippen LogP contribution in [0.4, 0.5) is 17.1 Å². The molecule has 0 aliphatic carbocycles. The zero-order chi connectivity index (χ0) is 30.5. The Bertz CT molecular complexity index is 2090. The van der Waals surface area contributed by atoms with Gasteiger partial charge in [-0.15, -0.1) is 0 Å². The van der Waals surface area contributed by atoms with Crippen LogP contribution < -0.4 is 4.90 Å². The second kappa shape index (κ2) is 10.6. The van der Waals surface area contributed by atoms with E-state index in [1.54, 1.807) is 0 Å². The second-order valence-corrected chi connectivity index (χ2v) is 10.9. The molecule has 7 heteroatoms. The molecule has 3 heterocycles. The molecule has 6 aromatic carbocycles. The third-order valence-corrected chi connectivity index (χ3v) is 8.00. The lowest BCUT2D eigenvalue weighted by Crippen LogP contribution is -2.09. The normalized spacial score (nSPS) is 11.5. The van der Waals surface area contributed by atoms with Gasteiger partial charge in [0.25, 0.3) is 0 Å². The molecule has 7 nitrogen and oxygen atoms in total. The zero-order valence-electron chi connectivity index (χ0n) is 24.4. The fourth-order valence-corrected chi connectivity index (χ4v) is 5.69. The molecule has 0 fully saturated rings. The summed E-state index contributed by atoms with van der Waals surface area (Å²) in [5.74, 6) is 1.76. The van der Waals surface area contributed by atoms with Gasteiger partial charge < -0.3 is 18.2 Å². The summed E-state index contributed by atoms with van der Waals surface area (Å²) in [7, 11) is 0. The quantitative estimate of drug-likeness (QED) is 0.189. The molecule has 9 rings (SSSR count). The van der Waals surface area contributed by atoms with E-state index in [2.05, 4.69) is 56.3 Å². The van der Waals surface area contributed by atoms with Crippen LogP contribution in [0.15, 0.2) is 159 Å². The number of hydrogen-bond donors (Lipinski definition) is 0. The molecule has 9 aromatic rings. The van der Waals surface area contributed by atoms with E-state index in [1.165, 1.54) is 0 Å². The van der Waals surface area contributed by atoms with Crippen LogP contribution in [0.5, 0.6) is 0 Å². The third kappa shape index (κ3) is 4.58. The van der Waals surface area contributed by atoms with Crippen LogP contribution in [-0.4, -0.2) is 15.0 Å². The molecule has 0 N–H and O–H groups in total. The molecule has 0 atom stereocenters. The molecule has 0 unspecified atom stereocenters. The summed E-state index contributed by atoms with van der Waals surface area (Å²) in [4.78, 5) is 16.2. The Balaban J connectivity index is 1.09. The van der Waals surface area contributed by atoms with Gasteiger partial charge >= 0.3 is 0 Å². The van der Waals surface area contributed by atoms with Crippen LogP contribution >= 0.6 is 0 Å². The fraction of sp³-hybridized carbons (Fsp3) is 0. The van der Waals surface area contributed by atoms with E-state index in [1.807, 2.05) is 109 Å². The highest BCUT2D eigenvalue weighted by Gasteiger charge is 2.17.